The first-order valence-electron chi connectivity index (χ1n) is 9.60. The highest BCUT2D eigenvalue weighted by Crippen LogP contribution is 2.15. The van der Waals surface area contributed by atoms with Gasteiger partial charge in [0.2, 0.25) is 15.9 Å². The number of likely N-dealkylation sites (tertiary alicyclic amines) is 1. The van der Waals surface area contributed by atoms with Crippen LogP contribution in [0.5, 0.6) is 0 Å². The molecule has 160 valence electrons. The predicted octanol–water partition coefficient (Wildman–Crippen LogP) is 2.16. The number of nitrogens with one attached hydrogen (secondary N) is 2. The molecular weight excluding hydrogens is 409 g/mol. The molecule has 9 heteroatoms. The van der Waals surface area contributed by atoms with Crippen molar-refractivity contribution in [3.05, 3.63) is 65.5 Å². The summed E-state index contributed by atoms with van der Waals surface area (Å²) in [5.74, 6) is -0.582. The molecule has 3 rings (SSSR count). The molecular formula is C21H24FN3O4S. The molecule has 0 aromatic heterocycles. The lowest BCUT2D eigenvalue weighted by molar-refractivity contribution is -0.131. The molecule has 7 nitrogen and oxygen atoms in total. The monoisotopic (exact) mass is 433 g/mol. The minimum atomic E-state index is -3.37. The van der Waals surface area contributed by atoms with Gasteiger partial charge in [0.15, 0.2) is 0 Å². The molecule has 0 unspecified atom stereocenters. The highest BCUT2D eigenvalue weighted by Gasteiger charge is 2.24. The second kappa shape index (κ2) is 9.25. The quantitative estimate of drug-likeness (QED) is 0.730. The third kappa shape index (κ3) is 6.28. The van der Waals surface area contributed by atoms with Crippen molar-refractivity contribution >= 4 is 27.5 Å². The third-order valence-electron chi connectivity index (χ3n) is 4.90. The Bertz CT molecular complexity index is 1000. The van der Waals surface area contributed by atoms with Gasteiger partial charge in [-0.25, -0.2) is 12.8 Å². The maximum Gasteiger partial charge on any atom is 0.251 e. The second-order valence-electron chi connectivity index (χ2n) is 7.38. The molecule has 1 aliphatic rings. The van der Waals surface area contributed by atoms with E-state index in [1.165, 1.54) is 24.3 Å². The third-order valence-corrected chi connectivity index (χ3v) is 5.51. The van der Waals surface area contributed by atoms with Gasteiger partial charge < -0.3 is 10.2 Å². The topological polar surface area (TPSA) is 95.6 Å². The van der Waals surface area contributed by atoms with Crippen molar-refractivity contribution in [1.82, 2.24) is 10.2 Å². The van der Waals surface area contributed by atoms with Crippen LogP contribution in [0.15, 0.2) is 48.5 Å². The van der Waals surface area contributed by atoms with Crippen molar-refractivity contribution < 1.29 is 22.4 Å². The Kier molecular flexibility index (Phi) is 6.71. The number of hydrogen-bond acceptors (Lipinski definition) is 4. The summed E-state index contributed by atoms with van der Waals surface area (Å²) < 4.78 is 37.8. The molecule has 1 heterocycles. The summed E-state index contributed by atoms with van der Waals surface area (Å²) in [6.07, 6.45) is 2.58. The van der Waals surface area contributed by atoms with Crippen LogP contribution in [0.1, 0.15) is 28.8 Å². The van der Waals surface area contributed by atoms with Gasteiger partial charge in [-0.2, -0.15) is 0 Å². The summed E-state index contributed by atoms with van der Waals surface area (Å²) in [6.45, 7) is 1.09. The van der Waals surface area contributed by atoms with Crippen LogP contribution in [0.25, 0.3) is 0 Å². The van der Waals surface area contributed by atoms with Crippen LogP contribution in [0.4, 0.5) is 10.1 Å². The first kappa shape index (κ1) is 21.8. The smallest absolute Gasteiger partial charge is 0.251 e. The van der Waals surface area contributed by atoms with Gasteiger partial charge in [-0.1, -0.05) is 12.1 Å². The Hall–Kier alpha value is -2.94. The number of anilines is 1. The van der Waals surface area contributed by atoms with Crippen LogP contribution in [0.3, 0.4) is 0 Å². The summed E-state index contributed by atoms with van der Waals surface area (Å²) in [6, 6.07) is 12.0. The molecule has 2 amide bonds. The van der Waals surface area contributed by atoms with Crippen LogP contribution in [-0.2, 0) is 21.2 Å². The van der Waals surface area contributed by atoms with E-state index in [1.54, 1.807) is 29.2 Å². The Morgan fingerprint density at radius 3 is 2.20 bits per heavy atom. The van der Waals surface area contributed by atoms with Crippen molar-refractivity contribution in [1.29, 1.82) is 0 Å². The van der Waals surface area contributed by atoms with Gasteiger partial charge >= 0.3 is 0 Å². The van der Waals surface area contributed by atoms with Crippen molar-refractivity contribution in [3.8, 4) is 0 Å². The maximum absolute atomic E-state index is 13.0. The number of hydrogen-bond donors (Lipinski definition) is 2. The summed E-state index contributed by atoms with van der Waals surface area (Å²) in [5, 5.41) is 2.96. The number of carbonyl (C=O) groups is 2. The molecule has 1 saturated heterocycles. The zero-order valence-corrected chi connectivity index (χ0v) is 17.4. The van der Waals surface area contributed by atoms with Gasteiger partial charge in [0.05, 0.1) is 12.7 Å². The average Bonchev–Trinajstić information content (AvgIpc) is 2.69. The number of amides is 2. The van der Waals surface area contributed by atoms with Crippen LogP contribution < -0.4 is 10.0 Å². The molecule has 0 bridgehead atoms. The molecule has 30 heavy (non-hydrogen) atoms. The predicted molar refractivity (Wildman–Crippen MR) is 112 cm³/mol. The van der Waals surface area contributed by atoms with Crippen LogP contribution in [0, 0.1) is 5.82 Å². The van der Waals surface area contributed by atoms with Crippen LogP contribution in [0.2, 0.25) is 0 Å². The fraction of sp³-hybridized carbons (Fsp3) is 0.333. The van der Waals surface area contributed by atoms with Gasteiger partial charge in [0, 0.05) is 30.4 Å². The lowest BCUT2D eigenvalue weighted by atomic mass is 10.0. The van der Waals surface area contributed by atoms with E-state index >= 15 is 0 Å². The standard InChI is InChI=1S/C21H24FN3O4S/c1-30(28,29)24-19-8-4-16(5-9-19)21(27)23-18-10-12-25(13-11-18)20(26)14-15-2-6-17(22)7-3-15/h2-9,18,24H,10-14H2,1H3,(H,23,27). The molecule has 0 spiro atoms. The fourth-order valence-corrected chi connectivity index (χ4v) is 3.90. The number of benzene rings is 2. The Balaban J connectivity index is 1.47. The fourth-order valence-electron chi connectivity index (χ4n) is 3.33. The van der Waals surface area contributed by atoms with Gasteiger partial charge in [-0.15, -0.1) is 0 Å². The molecule has 2 aromatic rings. The first-order valence-corrected chi connectivity index (χ1v) is 11.5. The SMILES string of the molecule is CS(=O)(=O)Nc1ccc(C(=O)NC2CCN(C(=O)Cc3ccc(F)cc3)CC2)cc1. The van der Waals surface area contributed by atoms with E-state index in [4.69, 9.17) is 0 Å². The van der Waals surface area contributed by atoms with E-state index < -0.39 is 10.0 Å². The number of piperidine rings is 1. The molecule has 1 fully saturated rings. The summed E-state index contributed by atoms with van der Waals surface area (Å²) in [5.41, 5.74) is 1.59. The Labute approximate surface area is 175 Å². The van der Waals surface area contributed by atoms with E-state index in [2.05, 4.69) is 10.0 Å². The van der Waals surface area contributed by atoms with Gasteiger partial charge in [0.1, 0.15) is 5.82 Å². The molecule has 0 radical (unpaired) electrons. The minimum absolute atomic E-state index is 0.0136. The van der Waals surface area contributed by atoms with Crippen molar-refractivity contribution in [2.45, 2.75) is 25.3 Å². The van der Waals surface area contributed by atoms with Gasteiger partial charge in [0.25, 0.3) is 5.91 Å². The average molecular weight is 434 g/mol. The summed E-state index contributed by atoms with van der Waals surface area (Å²) in [7, 11) is -3.37. The van der Waals surface area contributed by atoms with E-state index in [9.17, 15) is 22.4 Å². The second-order valence-corrected chi connectivity index (χ2v) is 9.13. The molecule has 2 N–H and O–H groups in total. The largest absolute Gasteiger partial charge is 0.349 e. The lowest BCUT2D eigenvalue weighted by Crippen LogP contribution is -2.47. The molecule has 0 aliphatic carbocycles. The van der Waals surface area contributed by atoms with Gasteiger partial charge in [-0.3, -0.25) is 14.3 Å². The summed E-state index contributed by atoms with van der Waals surface area (Å²) >= 11 is 0. The maximum atomic E-state index is 13.0. The number of rotatable bonds is 6. The minimum Gasteiger partial charge on any atom is -0.349 e. The highest BCUT2D eigenvalue weighted by molar-refractivity contribution is 7.92. The van der Waals surface area contributed by atoms with E-state index in [0.29, 0.717) is 37.2 Å². The first-order chi connectivity index (χ1) is 14.2. The number of nitrogens with zero attached hydrogens (tertiary/aromatic N) is 1. The van der Waals surface area contributed by atoms with E-state index in [0.717, 1.165) is 11.8 Å². The molecule has 2 aromatic carbocycles. The Morgan fingerprint density at radius 1 is 1.03 bits per heavy atom. The van der Waals surface area contributed by atoms with E-state index in [1.807, 2.05) is 0 Å². The van der Waals surface area contributed by atoms with Gasteiger partial charge in [-0.05, 0) is 54.8 Å². The highest BCUT2D eigenvalue weighted by atomic mass is 32.2. The molecule has 0 saturated carbocycles. The zero-order valence-electron chi connectivity index (χ0n) is 16.6. The molecule has 1 aliphatic heterocycles. The van der Waals surface area contributed by atoms with Crippen molar-refractivity contribution in [3.63, 3.8) is 0 Å². The van der Waals surface area contributed by atoms with Crippen molar-refractivity contribution in [2.24, 2.45) is 0 Å². The molecule has 0 atom stereocenters. The number of sulfonamides is 1. The normalized spacial score (nSPS) is 14.9. The number of carbonyl (C=O) groups excluding carboxylic acids is 2. The number of halogens is 1. The van der Waals surface area contributed by atoms with Crippen LogP contribution in [-0.4, -0.2) is 50.5 Å². The van der Waals surface area contributed by atoms with Crippen LogP contribution >= 0.6 is 0 Å². The Morgan fingerprint density at radius 2 is 1.63 bits per heavy atom. The van der Waals surface area contributed by atoms with Crippen molar-refractivity contribution in [2.75, 3.05) is 24.1 Å². The summed E-state index contributed by atoms with van der Waals surface area (Å²) in [4.78, 5) is 26.6. The zero-order chi connectivity index (χ0) is 21.7. The van der Waals surface area contributed by atoms with E-state index in [-0.39, 0.29) is 30.1 Å². The lowest BCUT2D eigenvalue weighted by Gasteiger charge is -2.32.